The number of hydrogen-bond donors (Lipinski definition) is 5. The fraction of sp³-hybridized carbons (Fsp3) is 0.438. The number of phenols is 1. The summed E-state index contributed by atoms with van der Waals surface area (Å²) in [4.78, 5) is 11.8. The van der Waals surface area contributed by atoms with Crippen molar-refractivity contribution in [3.05, 3.63) is 29.8 Å². The first-order chi connectivity index (χ1) is 11.9. The molecule has 9 nitrogen and oxygen atoms in total. The molecule has 1 heterocycles. The third kappa shape index (κ3) is 4.47. The second-order valence-electron chi connectivity index (χ2n) is 5.40. The van der Waals surface area contributed by atoms with E-state index in [1.807, 2.05) is 0 Å². The number of benzene rings is 1. The van der Waals surface area contributed by atoms with Crippen LogP contribution in [-0.4, -0.2) is 75.9 Å². The summed E-state index contributed by atoms with van der Waals surface area (Å²) in [6.45, 7) is -0.623. The van der Waals surface area contributed by atoms with E-state index in [9.17, 15) is 25.2 Å². The van der Waals surface area contributed by atoms with E-state index in [-0.39, 0.29) is 11.5 Å². The second-order valence-corrected chi connectivity index (χ2v) is 5.40. The third-order valence-corrected chi connectivity index (χ3v) is 3.70. The zero-order valence-corrected chi connectivity index (χ0v) is 13.3. The van der Waals surface area contributed by atoms with Crippen LogP contribution in [0.4, 0.5) is 0 Å². The van der Waals surface area contributed by atoms with Crippen LogP contribution in [0.3, 0.4) is 0 Å². The van der Waals surface area contributed by atoms with E-state index >= 15 is 0 Å². The summed E-state index contributed by atoms with van der Waals surface area (Å²) in [5, 5.41) is 47.7. The number of hydrogen-bond acceptors (Lipinski definition) is 9. The van der Waals surface area contributed by atoms with Crippen LogP contribution < -0.4 is 4.74 Å². The number of carbonyl (C=O) groups is 1. The predicted octanol–water partition coefficient (Wildman–Crippen LogP) is -1.24. The molecule has 0 bridgehead atoms. The molecule has 138 valence electrons. The van der Waals surface area contributed by atoms with Gasteiger partial charge in [0.15, 0.2) is 11.5 Å². The van der Waals surface area contributed by atoms with Gasteiger partial charge in [0.05, 0.1) is 13.7 Å². The van der Waals surface area contributed by atoms with Gasteiger partial charge in [-0.15, -0.1) is 0 Å². The summed E-state index contributed by atoms with van der Waals surface area (Å²) in [5.74, 6) is -0.704. The molecule has 25 heavy (non-hydrogen) atoms. The van der Waals surface area contributed by atoms with Crippen molar-refractivity contribution in [2.45, 2.75) is 30.7 Å². The third-order valence-electron chi connectivity index (χ3n) is 3.70. The summed E-state index contributed by atoms with van der Waals surface area (Å²) in [7, 11) is 1.38. The van der Waals surface area contributed by atoms with Crippen LogP contribution in [0.1, 0.15) is 5.56 Å². The first-order valence-electron chi connectivity index (χ1n) is 7.43. The van der Waals surface area contributed by atoms with E-state index in [2.05, 4.69) is 0 Å². The SMILES string of the molecule is COc1cc(/C=C/C(=O)OC2O[C@H](CO)[C@@H](O)[C@H](O)[C@H]2O)ccc1O. The molecule has 5 N–H and O–H groups in total. The van der Waals surface area contributed by atoms with Crippen LogP contribution in [0.25, 0.3) is 6.08 Å². The molecule has 1 aliphatic heterocycles. The second kappa shape index (κ2) is 8.28. The Bertz CT molecular complexity index is 628. The summed E-state index contributed by atoms with van der Waals surface area (Å²) in [5.41, 5.74) is 0.542. The Hall–Kier alpha value is -2.17. The Morgan fingerprint density at radius 1 is 1.24 bits per heavy atom. The standard InChI is InChI=1S/C16H20O9/c1-23-10-6-8(2-4-9(10)18)3-5-12(19)25-16-15(22)14(21)13(20)11(7-17)24-16/h2-6,11,13-18,20-22H,7H2,1H3/b5-3+/t11-,13-,14+,15-,16?/m1/s1. The molecule has 1 fully saturated rings. The first-order valence-corrected chi connectivity index (χ1v) is 7.43. The van der Waals surface area contributed by atoms with Gasteiger partial charge in [0, 0.05) is 6.08 Å². The van der Waals surface area contributed by atoms with Gasteiger partial charge in [-0.3, -0.25) is 0 Å². The average molecular weight is 356 g/mol. The number of ether oxygens (including phenoxy) is 3. The number of phenolic OH excluding ortho intramolecular Hbond substituents is 1. The van der Waals surface area contributed by atoms with E-state index in [1.165, 1.54) is 31.4 Å². The summed E-state index contributed by atoms with van der Waals surface area (Å²) in [6, 6.07) is 4.42. The van der Waals surface area contributed by atoms with Gasteiger partial charge < -0.3 is 39.7 Å². The molecule has 0 amide bonds. The Morgan fingerprint density at radius 2 is 1.96 bits per heavy atom. The zero-order valence-electron chi connectivity index (χ0n) is 13.3. The average Bonchev–Trinajstić information content (AvgIpc) is 2.61. The van der Waals surface area contributed by atoms with Gasteiger partial charge in [-0.25, -0.2) is 4.79 Å². The Balaban J connectivity index is 2.01. The summed E-state index contributed by atoms with van der Waals surface area (Å²) in [6.07, 6.45) is -5.10. The lowest BCUT2D eigenvalue weighted by atomic mass is 9.99. The van der Waals surface area contributed by atoms with Gasteiger partial charge >= 0.3 is 5.97 Å². The van der Waals surface area contributed by atoms with Crippen LogP contribution in [-0.2, 0) is 14.3 Å². The number of esters is 1. The molecule has 0 spiro atoms. The number of aliphatic hydroxyl groups excluding tert-OH is 4. The largest absolute Gasteiger partial charge is 0.504 e. The maximum atomic E-state index is 11.8. The highest BCUT2D eigenvalue weighted by molar-refractivity contribution is 5.87. The molecular weight excluding hydrogens is 336 g/mol. The normalized spacial score (nSPS) is 29.6. The lowest BCUT2D eigenvalue weighted by molar-refractivity contribution is -0.291. The number of methoxy groups -OCH3 is 1. The summed E-state index contributed by atoms with van der Waals surface area (Å²) >= 11 is 0. The number of carbonyl (C=O) groups excluding carboxylic acids is 1. The fourth-order valence-electron chi connectivity index (χ4n) is 2.28. The van der Waals surface area contributed by atoms with Gasteiger partial charge in [0.25, 0.3) is 0 Å². The van der Waals surface area contributed by atoms with Crippen LogP contribution >= 0.6 is 0 Å². The molecule has 1 unspecified atom stereocenters. The zero-order chi connectivity index (χ0) is 18.6. The lowest BCUT2D eigenvalue weighted by Gasteiger charge is -2.38. The molecule has 2 rings (SSSR count). The van der Waals surface area contributed by atoms with Gasteiger partial charge in [-0.2, -0.15) is 0 Å². The van der Waals surface area contributed by atoms with Crippen molar-refractivity contribution < 1.29 is 44.5 Å². The van der Waals surface area contributed by atoms with Crippen molar-refractivity contribution in [2.75, 3.05) is 13.7 Å². The molecule has 0 radical (unpaired) electrons. The van der Waals surface area contributed by atoms with E-state index in [4.69, 9.17) is 19.3 Å². The Labute approximate surface area is 143 Å². The van der Waals surface area contributed by atoms with Gasteiger partial charge in [-0.05, 0) is 23.8 Å². The molecule has 0 aliphatic carbocycles. The molecule has 0 saturated carbocycles. The van der Waals surface area contributed by atoms with Crippen molar-refractivity contribution in [3.8, 4) is 11.5 Å². The molecule has 1 saturated heterocycles. The van der Waals surface area contributed by atoms with E-state index in [1.54, 1.807) is 0 Å². The molecule has 5 atom stereocenters. The van der Waals surface area contributed by atoms with Crippen LogP contribution in [0, 0.1) is 0 Å². The van der Waals surface area contributed by atoms with E-state index < -0.39 is 43.3 Å². The first kappa shape index (κ1) is 19.2. The van der Waals surface area contributed by atoms with Crippen molar-refractivity contribution in [3.63, 3.8) is 0 Å². The van der Waals surface area contributed by atoms with E-state index in [0.717, 1.165) is 6.08 Å². The molecule has 9 heteroatoms. The maximum absolute atomic E-state index is 11.8. The molecule has 1 aromatic rings. The highest BCUT2D eigenvalue weighted by atomic mass is 16.7. The van der Waals surface area contributed by atoms with Gasteiger partial charge in [0.2, 0.25) is 6.29 Å². The Kier molecular flexibility index (Phi) is 6.34. The topological polar surface area (TPSA) is 146 Å². The van der Waals surface area contributed by atoms with Gasteiger partial charge in [0.1, 0.15) is 24.4 Å². The van der Waals surface area contributed by atoms with Crippen molar-refractivity contribution >= 4 is 12.0 Å². The minimum Gasteiger partial charge on any atom is -0.504 e. The Morgan fingerprint density at radius 3 is 2.60 bits per heavy atom. The van der Waals surface area contributed by atoms with E-state index in [0.29, 0.717) is 5.56 Å². The van der Waals surface area contributed by atoms with Crippen molar-refractivity contribution in [1.82, 2.24) is 0 Å². The van der Waals surface area contributed by atoms with Crippen LogP contribution in [0.15, 0.2) is 24.3 Å². The molecule has 0 aromatic heterocycles. The number of rotatable bonds is 5. The minimum absolute atomic E-state index is 0.0523. The highest BCUT2D eigenvalue weighted by Crippen LogP contribution is 2.27. The minimum atomic E-state index is -1.66. The number of aliphatic hydroxyl groups is 4. The summed E-state index contributed by atoms with van der Waals surface area (Å²) < 4.78 is 14.9. The predicted molar refractivity (Wildman–Crippen MR) is 83.6 cm³/mol. The lowest BCUT2D eigenvalue weighted by Crippen LogP contribution is -2.59. The van der Waals surface area contributed by atoms with Gasteiger partial charge in [-0.1, -0.05) is 6.07 Å². The fourth-order valence-corrected chi connectivity index (χ4v) is 2.28. The number of aromatic hydroxyl groups is 1. The van der Waals surface area contributed by atoms with Crippen molar-refractivity contribution in [1.29, 1.82) is 0 Å². The quantitative estimate of drug-likeness (QED) is 0.323. The smallest absolute Gasteiger partial charge is 0.333 e. The maximum Gasteiger partial charge on any atom is 0.333 e. The van der Waals surface area contributed by atoms with Crippen LogP contribution in [0.2, 0.25) is 0 Å². The molecule has 1 aliphatic rings. The molecular formula is C16H20O9. The molecule has 1 aromatic carbocycles. The van der Waals surface area contributed by atoms with Crippen molar-refractivity contribution in [2.24, 2.45) is 0 Å². The highest BCUT2D eigenvalue weighted by Gasteiger charge is 2.45. The van der Waals surface area contributed by atoms with Crippen LogP contribution in [0.5, 0.6) is 11.5 Å². The monoisotopic (exact) mass is 356 g/mol.